The van der Waals surface area contributed by atoms with E-state index >= 15 is 0 Å². The number of anilines is 2. The minimum Gasteiger partial charge on any atom is -0.334 e. The fourth-order valence-corrected chi connectivity index (χ4v) is 4.77. The number of fused-ring (bicyclic) bond motifs is 3. The Morgan fingerprint density at radius 1 is 0.944 bits per heavy atom. The zero-order chi connectivity index (χ0) is 25.4. The molecule has 0 spiro atoms. The molecular formula is C27H20ClF3N4S. The van der Waals surface area contributed by atoms with Crippen molar-refractivity contribution in [1.29, 1.82) is 0 Å². The van der Waals surface area contributed by atoms with Crippen molar-refractivity contribution in [3.05, 3.63) is 101 Å². The molecule has 5 aromatic rings. The number of pyridine rings is 1. The van der Waals surface area contributed by atoms with E-state index in [-0.39, 0.29) is 5.11 Å². The van der Waals surface area contributed by atoms with Gasteiger partial charge in [0.05, 0.1) is 16.8 Å². The van der Waals surface area contributed by atoms with Crippen LogP contribution in [0.4, 0.5) is 24.5 Å². The van der Waals surface area contributed by atoms with Gasteiger partial charge in [0.15, 0.2) is 5.11 Å². The van der Waals surface area contributed by atoms with Crippen molar-refractivity contribution < 1.29 is 13.2 Å². The van der Waals surface area contributed by atoms with E-state index in [1.807, 2.05) is 55.5 Å². The molecule has 9 heteroatoms. The van der Waals surface area contributed by atoms with Gasteiger partial charge in [-0.2, -0.15) is 13.2 Å². The second-order valence-corrected chi connectivity index (χ2v) is 9.24. The lowest BCUT2D eigenvalue weighted by atomic mass is 10.1. The van der Waals surface area contributed by atoms with E-state index in [9.17, 15) is 13.2 Å². The van der Waals surface area contributed by atoms with Crippen molar-refractivity contribution >= 4 is 62.1 Å². The summed E-state index contributed by atoms with van der Waals surface area (Å²) in [6.45, 7) is 2.62. The van der Waals surface area contributed by atoms with E-state index in [0.29, 0.717) is 17.3 Å². The van der Waals surface area contributed by atoms with Gasteiger partial charge in [-0.1, -0.05) is 23.7 Å². The summed E-state index contributed by atoms with van der Waals surface area (Å²) in [5.74, 6) is 0. The average Bonchev–Trinajstić information content (AvgIpc) is 3.13. The standard InChI is InChI=1S/C27H20ClF3N4S/c1-16-25-22(11-12-32-16)23-14-21(9-10-24(23)35(25)15-17-3-2-4-19(28)13-17)34-26(36)33-20-7-5-18(6-8-20)27(29,30)31/h2-14H,15H2,1H3,(H2,33,34,36). The molecule has 0 amide bonds. The number of nitrogens with one attached hydrogen (secondary N) is 2. The fourth-order valence-electron chi connectivity index (χ4n) is 4.32. The third kappa shape index (κ3) is 4.87. The molecule has 0 saturated heterocycles. The molecule has 5 rings (SSSR count). The maximum Gasteiger partial charge on any atom is 0.416 e. The second-order valence-electron chi connectivity index (χ2n) is 8.39. The van der Waals surface area contributed by atoms with Crippen LogP contribution in [0.25, 0.3) is 21.8 Å². The van der Waals surface area contributed by atoms with Crippen molar-refractivity contribution in [2.45, 2.75) is 19.6 Å². The molecule has 182 valence electrons. The van der Waals surface area contributed by atoms with Crippen LogP contribution in [0.15, 0.2) is 79.0 Å². The summed E-state index contributed by atoms with van der Waals surface area (Å²) in [5.41, 5.74) is 4.57. The number of alkyl halides is 3. The third-order valence-corrected chi connectivity index (χ3v) is 6.35. The van der Waals surface area contributed by atoms with Gasteiger partial charge in [0.25, 0.3) is 0 Å². The number of aromatic nitrogens is 2. The maximum atomic E-state index is 12.8. The number of hydrogen-bond donors (Lipinski definition) is 2. The van der Waals surface area contributed by atoms with Crippen LogP contribution in [0.1, 0.15) is 16.8 Å². The Hall–Kier alpha value is -3.62. The Kier molecular flexibility index (Phi) is 6.32. The summed E-state index contributed by atoms with van der Waals surface area (Å²) in [7, 11) is 0. The minimum absolute atomic E-state index is 0.273. The highest BCUT2D eigenvalue weighted by Gasteiger charge is 2.30. The Labute approximate surface area is 215 Å². The Bertz CT molecular complexity index is 1590. The number of nitrogens with zero attached hydrogens (tertiary/aromatic N) is 2. The molecule has 0 fully saturated rings. The molecule has 2 N–H and O–H groups in total. The lowest BCUT2D eigenvalue weighted by Crippen LogP contribution is -2.19. The number of rotatable bonds is 4. The Morgan fingerprint density at radius 3 is 2.39 bits per heavy atom. The minimum atomic E-state index is -4.38. The Balaban J connectivity index is 1.44. The van der Waals surface area contributed by atoms with E-state index in [1.165, 1.54) is 12.1 Å². The molecule has 0 aliphatic carbocycles. The van der Waals surface area contributed by atoms with Crippen LogP contribution in [0.2, 0.25) is 5.02 Å². The molecule has 0 aliphatic rings. The number of thiocarbonyl (C=S) groups is 1. The van der Waals surface area contributed by atoms with Crippen molar-refractivity contribution in [3.8, 4) is 0 Å². The van der Waals surface area contributed by atoms with Gasteiger partial charge in [0.2, 0.25) is 0 Å². The lowest BCUT2D eigenvalue weighted by molar-refractivity contribution is -0.137. The van der Waals surface area contributed by atoms with Crippen molar-refractivity contribution in [1.82, 2.24) is 9.55 Å². The van der Waals surface area contributed by atoms with E-state index < -0.39 is 11.7 Å². The molecule has 0 radical (unpaired) electrons. The van der Waals surface area contributed by atoms with Crippen LogP contribution in [-0.2, 0) is 12.7 Å². The van der Waals surface area contributed by atoms with Crippen LogP contribution < -0.4 is 10.6 Å². The average molecular weight is 525 g/mol. The molecule has 0 saturated carbocycles. The molecule has 0 atom stereocenters. The van der Waals surface area contributed by atoms with E-state index in [1.54, 1.807) is 6.20 Å². The zero-order valence-electron chi connectivity index (χ0n) is 19.0. The first kappa shape index (κ1) is 24.1. The van der Waals surface area contributed by atoms with E-state index in [4.69, 9.17) is 23.8 Å². The van der Waals surface area contributed by atoms with Gasteiger partial charge in [0.1, 0.15) is 0 Å². The van der Waals surface area contributed by atoms with Crippen LogP contribution in [-0.4, -0.2) is 14.7 Å². The number of halogens is 4. The zero-order valence-corrected chi connectivity index (χ0v) is 20.6. The smallest absolute Gasteiger partial charge is 0.334 e. The van der Waals surface area contributed by atoms with Crippen LogP contribution in [0, 0.1) is 6.92 Å². The van der Waals surface area contributed by atoms with Gasteiger partial charge in [-0.25, -0.2) is 0 Å². The first-order chi connectivity index (χ1) is 17.2. The normalized spacial score (nSPS) is 11.7. The highest BCUT2D eigenvalue weighted by atomic mass is 35.5. The summed E-state index contributed by atoms with van der Waals surface area (Å²) in [6.07, 6.45) is -2.59. The van der Waals surface area contributed by atoms with Gasteiger partial charge >= 0.3 is 6.18 Å². The van der Waals surface area contributed by atoms with Gasteiger partial charge in [-0.3, -0.25) is 4.98 Å². The van der Waals surface area contributed by atoms with Gasteiger partial charge < -0.3 is 15.2 Å². The molecular weight excluding hydrogens is 505 g/mol. The third-order valence-electron chi connectivity index (χ3n) is 5.91. The largest absolute Gasteiger partial charge is 0.416 e. The second kappa shape index (κ2) is 9.44. The fraction of sp³-hybridized carbons (Fsp3) is 0.111. The molecule has 4 nitrogen and oxygen atoms in total. The molecule has 0 unspecified atom stereocenters. The van der Waals surface area contributed by atoms with E-state index in [2.05, 4.69) is 20.2 Å². The summed E-state index contributed by atoms with van der Waals surface area (Å²) in [5, 5.41) is 9.11. The first-order valence-electron chi connectivity index (χ1n) is 11.1. The molecule has 0 aliphatic heterocycles. The quantitative estimate of drug-likeness (QED) is 0.233. The summed E-state index contributed by atoms with van der Waals surface area (Å²) in [6, 6.07) is 20.4. The number of benzene rings is 3. The van der Waals surface area contributed by atoms with Crippen LogP contribution in [0.5, 0.6) is 0 Å². The van der Waals surface area contributed by atoms with Crippen LogP contribution in [0.3, 0.4) is 0 Å². The first-order valence-corrected chi connectivity index (χ1v) is 11.8. The molecule has 2 heterocycles. The monoisotopic (exact) mass is 524 g/mol. The highest BCUT2D eigenvalue weighted by molar-refractivity contribution is 7.80. The molecule has 36 heavy (non-hydrogen) atoms. The van der Waals surface area contributed by atoms with Crippen molar-refractivity contribution in [2.24, 2.45) is 0 Å². The predicted molar refractivity (Wildman–Crippen MR) is 144 cm³/mol. The molecule has 3 aromatic carbocycles. The SMILES string of the molecule is Cc1nccc2c3cc(NC(=S)Nc4ccc(C(F)(F)F)cc4)ccc3n(Cc3cccc(Cl)c3)c12. The highest BCUT2D eigenvalue weighted by Crippen LogP contribution is 2.33. The van der Waals surface area contributed by atoms with Crippen molar-refractivity contribution in [3.63, 3.8) is 0 Å². The summed E-state index contributed by atoms with van der Waals surface area (Å²) < 4.78 is 40.6. The van der Waals surface area contributed by atoms with Crippen molar-refractivity contribution in [2.75, 3.05) is 10.6 Å². The van der Waals surface area contributed by atoms with Gasteiger partial charge in [-0.05, 0) is 85.4 Å². The number of aryl methyl sites for hydroxylation is 1. The summed E-state index contributed by atoms with van der Waals surface area (Å²) in [4.78, 5) is 4.50. The lowest BCUT2D eigenvalue weighted by Gasteiger charge is -2.12. The van der Waals surface area contributed by atoms with Crippen LogP contribution >= 0.6 is 23.8 Å². The van der Waals surface area contributed by atoms with E-state index in [0.717, 1.165) is 50.9 Å². The molecule has 0 bridgehead atoms. The topological polar surface area (TPSA) is 41.9 Å². The van der Waals surface area contributed by atoms with Gasteiger partial charge in [0, 0.05) is 45.4 Å². The number of hydrogen-bond acceptors (Lipinski definition) is 2. The molecule has 2 aromatic heterocycles. The summed E-state index contributed by atoms with van der Waals surface area (Å²) >= 11 is 11.6. The maximum absolute atomic E-state index is 12.8. The Morgan fingerprint density at radius 2 is 1.67 bits per heavy atom. The van der Waals surface area contributed by atoms with Gasteiger partial charge in [-0.15, -0.1) is 0 Å². The predicted octanol–water partition coefficient (Wildman–Crippen LogP) is 8.03.